The third-order valence-electron chi connectivity index (χ3n) is 5.29. The van der Waals surface area contributed by atoms with Crippen molar-refractivity contribution in [1.82, 2.24) is 19.3 Å². The largest absolute Gasteiger partial charge is 0.451 e. The zero-order valence-corrected chi connectivity index (χ0v) is 18.5. The van der Waals surface area contributed by atoms with Crippen molar-refractivity contribution in [3.63, 3.8) is 0 Å². The van der Waals surface area contributed by atoms with Gasteiger partial charge in [0.25, 0.3) is 5.56 Å². The number of aromatic nitrogens is 4. The summed E-state index contributed by atoms with van der Waals surface area (Å²) in [5, 5.41) is 24.5. The van der Waals surface area contributed by atoms with Crippen molar-refractivity contribution in [3.8, 4) is 34.8 Å². The average molecular weight is 492 g/mol. The first-order valence-electron chi connectivity index (χ1n) is 10.2. The summed E-state index contributed by atoms with van der Waals surface area (Å²) in [6.45, 7) is -0.299. The number of rotatable bonds is 5. The van der Waals surface area contributed by atoms with Crippen LogP contribution in [-0.2, 0) is 19.8 Å². The normalized spacial score (nSPS) is 11.1. The van der Waals surface area contributed by atoms with Crippen LogP contribution in [0.4, 0.5) is 13.2 Å². The van der Waals surface area contributed by atoms with Crippen molar-refractivity contribution in [1.29, 1.82) is 10.5 Å². The molecule has 0 aliphatic heterocycles. The average Bonchev–Trinajstić information content (AvgIpc) is 3.17. The Bertz CT molecular complexity index is 1670. The maximum atomic E-state index is 13.8. The summed E-state index contributed by atoms with van der Waals surface area (Å²) in [4.78, 5) is 24.7. The fourth-order valence-electron chi connectivity index (χ4n) is 3.45. The van der Waals surface area contributed by atoms with Crippen LogP contribution in [0.25, 0.3) is 11.1 Å². The monoisotopic (exact) mass is 492 g/mol. The molecule has 0 bridgehead atoms. The fraction of sp³-hybridized carbons (Fsp3) is 0.125. The van der Waals surface area contributed by atoms with Crippen molar-refractivity contribution in [3.05, 3.63) is 98.1 Å². The lowest BCUT2D eigenvalue weighted by molar-refractivity contribution is -0.138. The number of ether oxygens (including phenoxy) is 1. The van der Waals surface area contributed by atoms with E-state index in [4.69, 9.17) is 10.00 Å². The van der Waals surface area contributed by atoms with Gasteiger partial charge >= 0.3 is 11.9 Å². The van der Waals surface area contributed by atoms with Crippen LogP contribution in [0.2, 0.25) is 0 Å². The van der Waals surface area contributed by atoms with E-state index in [1.807, 2.05) is 12.1 Å². The molecule has 2 aromatic carbocycles. The second kappa shape index (κ2) is 9.27. The SMILES string of the molecule is Cn1c(Cn2ccc(C(F)(F)F)c(Oc3cc(C#N)cc(-c4cccc(C#N)c4)c3)c2=O)n[nH]c1=O. The smallest absolute Gasteiger partial charge is 0.420 e. The first-order chi connectivity index (χ1) is 17.1. The van der Waals surface area contributed by atoms with Gasteiger partial charge in [-0.3, -0.25) is 9.36 Å². The molecule has 0 spiro atoms. The van der Waals surface area contributed by atoms with E-state index in [2.05, 4.69) is 10.2 Å². The molecule has 2 aromatic heterocycles. The quantitative estimate of drug-likeness (QED) is 0.454. The standard InChI is InChI=1S/C24H15F3N6O3/c1-32-20(30-31-23(32)35)13-33-6-5-19(24(25,26)27)21(22(33)34)36-18-9-15(12-29)8-17(10-18)16-4-2-3-14(7-16)11-28/h2-10H,13H2,1H3,(H,31,35). The van der Waals surface area contributed by atoms with Gasteiger partial charge in [-0.2, -0.15) is 28.8 Å². The van der Waals surface area contributed by atoms with E-state index >= 15 is 0 Å². The molecule has 0 aliphatic carbocycles. The summed E-state index contributed by atoms with van der Waals surface area (Å²) in [7, 11) is 1.39. The molecule has 12 heteroatoms. The molecule has 4 aromatic rings. The Labute approximate surface area is 200 Å². The number of benzene rings is 2. The third-order valence-corrected chi connectivity index (χ3v) is 5.29. The summed E-state index contributed by atoms with van der Waals surface area (Å²) in [6.07, 6.45) is -3.98. The fourth-order valence-corrected chi connectivity index (χ4v) is 3.45. The van der Waals surface area contributed by atoms with E-state index in [1.165, 1.54) is 25.2 Å². The summed E-state index contributed by atoms with van der Waals surface area (Å²) >= 11 is 0. The second-order valence-corrected chi connectivity index (χ2v) is 7.65. The van der Waals surface area contributed by atoms with Gasteiger partial charge in [-0.15, -0.1) is 0 Å². The molecule has 180 valence electrons. The Hall–Kier alpha value is -5.10. The number of hydrogen-bond donors (Lipinski definition) is 1. The molecule has 0 fully saturated rings. The van der Waals surface area contributed by atoms with Crippen molar-refractivity contribution < 1.29 is 17.9 Å². The van der Waals surface area contributed by atoms with Gasteiger partial charge in [0.2, 0.25) is 5.75 Å². The summed E-state index contributed by atoms with van der Waals surface area (Å²) in [6, 6.07) is 15.0. The van der Waals surface area contributed by atoms with E-state index in [-0.39, 0.29) is 23.7 Å². The Morgan fingerprint density at radius 1 is 1.03 bits per heavy atom. The molecule has 0 unspecified atom stereocenters. The van der Waals surface area contributed by atoms with E-state index in [9.17, 15) is 28.0 Å². The number of nitriles is 2. The molecule has 36 heavy (non-hydrogen) atoms. The predicted octanol–water partition coefficient (Wildman–Crippen LogP) is 3.54. The van der Waals surface area contributed by atoms with Crippen LogP contribution in [0.3, 0.4) is 0 Å². The number of nitrogens with one attached hydrogen (secondary N) is 1. The van der Waals surface area contributed by atoms with Crippen LogP contribution in [0, 0.1) is 22.7 Å². The second-order valence-electron chi connectivity index (χ2n) is 7.65. The Balaban J connectivity index is 1.82. The van der Waals surface area contributed by atoms with Crippen molar-refractivity contribution >= 4 is 0 Å². The maximum absolute atomic E-state index is 13.8. The molecule has 1 N–H and O–H groups in total. The first-order valence-corrected chi connectivity index (χ1v) is 10.2. The molecule has 0 radical (unpaired) electrons. The van der Waals surface area contributed by atoms with Gasteiger partial charge in [0.1, 0.15) is 11.3 Å². The van der Waals surface area contributed by atoms with E-state index in [0.29, 0.717) is 22.8 Å². The number of alkyl halides is 3. The molecule has 2 heterocycles. The third kappa shape index (κ3) is 4.74. The highest BCUT2D eigenvalue weighted by Gasteiger charge is 2.36. The van der Waals surface area contributed by atoms with Crippen molar-refractivity contribution in [2.45, 2.75) is 12.7 Å². The lowest BCUT2D eigenvalue weighted by Gasteiger charge is -2.16. The van der Waals surface area contributed by atoms with E-state index < -0.39 is 28.7 Å². The van der Waals surface area contributed by atoms with Gasteiger partial charge < -0.3 is 9.30 Å². The number of nitrogens with zero attached hydrogens (tertiary/aromatic N) is 5. The molecule has 0 saturated carbocycles. The lowest BCUT2D eigenvalue weighted by Crippen LogP contribution is -2.26. The van der Waals surface area contributed by atoms with Gasteiger partial charge in [0.15, 0.2) is 5.82 Å². The molecule has 0 aliphatic rings. The minimum absolute atomic E-state index is 0.0706. The molecule has 0 atom stereocenters. The summed E-state index contributed by atoms with van der Waals surface area (Å²) in [5.74, 6) is -1.07. The Morgan fingerprint density at radius 3 is 2.39 bits per heavy atom. The number of pyridine rings is 1. The summed E-state index contributed by atoms with van der Waals surface area (Å²) < 4.78 is 48.8. The van der Waals surface area contributed by atoms with Gasteiger partial charge in [0.05, 0.1) is 29.8 Å². The highest BCUT2D eigenvalue weighted by Crippen LogP contribution is 2.37. The maximum Gasteiger partial charge on any atom is 0.420 e. The topological polar surface area (TPSA) is 129 Å². The number of H-pyrrole nitrogens is 1. The van der Waals surface area contributed by atoms with Crippen LogP contribution in [-0.4, -0.2) is 19.3 Å². The molecule has 0 amide bonds. The minimum atomic E-state index is -4.91. The lowest BCUT2D eigenvalue weighted by atomic mass is 10.0. The Kier molecular flexibility index (Phi) is 6.19. The van der Waals surface area contributed by atoms with Crippen molar-refractivity contribution in [2.24, 2.45) is 7.05 Å². The van der Waals surface area contributed by atoms with Gasteiger partial charge in [-0.1, -0.05) is 12.1 Å². The predicted molar refractivity (Wildman–Crippen MR) is 120 cm³/mol. The van der Waals surface area contributed by atoms with Gasteiger partial charge in [-0.05, 0) is 47.5 Å². The van der Waals surface area contributed by atoms with E-state index in [0.717, 1.165) is 15.3 Å². The number of hydrogen-bond acceptors (Lipinski definition) is 6. The van der Waals surface area contributed by atoms with E-state index in [1.54, 1.807) is 24.3 Å². The molecular formula is C24H15F3N6O3. The Morgan fingerprint density at radius 2 is 1.75 bits per heavy atom. The minimum Gasteiger partial charge on any atom is -0.451 e. The zero-order valence-electron chi connectivity index (χ0n) is 18.5. The van der Waals surface area contributed by atoms with Gasteiger partial charge in [0, 0.05) is 13.2 Å². The number of aromatic amines is 1. The van der Waals surface area contributed by atoms with Crippen LogP contribution in [0.15, 0.2) is 64.3 Å². The highest BCUT2D eigenvalue weighted by molar-refractivity contribution is 5.69. The zero-order chi connectivity index (χ0) is 26.0. The van der Waals surface area contributed by atoms with Crippen LogP contribution >= 0.6 is 0 Å². The molecular weight excluding hydrogens is 477 g/mol. The number of halogens is 3. The van der Waals surface area contributed by atoms with Crippen molar-refractivity contribution in [2.75, 3.05) is 0 Å². The first kappa shape index (κ1) is 24.0. The summed E-state index contributed by atoms with van der Waals surface area (Å²) in [5.41, 5.74) is -1.64. The molecule has 9 nitrogen and oxygen atoms in total. The van der Waals surface area contributed by atoms with Crippen LogP contribution < -0.4 is 16.0 Å². The highest BCUT2D eigenvalue weighted by atomic mass is 19.4. The van der Waals surface area contributed by atoms with Crippen LogP contribution in [0.1, 0.15) is 22.5 Å². The van der Waals surface area contributed by atoms with Crippen LogP contribution in [0.5, 0.6) is 11.5 Å². The molecule has 0 saturated heterocycles. The molecule has 4 rings (SSSR count). The van der Waals surface area contributed by atoms with Gasteiger partial charge in [-0.25, -0.2) is 9.89 Å².